The molecule has 0 saturated carbocycles. The zero-order valence-corrected chi connectivity index (χ0v) is 41.9. The number of rotatable bonds is 8. The van der Waals surface area contributed by atoms with E-state index in [1.807, 2.05) is 32.0 Å². The molecular weight excluding hydrogens is 805 g/mol. The average molecular weight is 877 g/mol. The average Bonchev–Trinajstić information content (AvgIpc) is 3.37. The number of aryl methyl sites for hydroxylation is 3. The van der Waals surface area contributed by atoms with Crippen LogP contribution in [0.5, 0.6) is 0 Å². The highest BCUT2D eigenvalue weighted by Crippen LogP contribution is 2.41. The first-order valence-electron chi connectivity index (χ1n) is 24.6. The first-order valence-corrected chi connectivity index (χ1v) is 24.6. The summed E-state index contributed by atoms with van der Waals surface area (Å²) in [6.45, 7) is 21.9. The highest BCUT2D eigenvalue weighted by Gasteiger charge is 2.25. The maximum atomic E-state index is 2.41. The number of allylic oxidation sites excluding steroid dienone is 9. The summed E-state index contributed by atoms with van der Waals surface area (Å²) in [5, 5.41) is 0. The topological polar surface area (TPSA) is 0 Å². The van der Waals surface area contributed by atoms with Crippen LogP contribution >= 0.6 is 0 Å². The van der Waals surface area contributed by atoms with E-state index in [1.54, 1.807) is 0 Å². The van der Waals surface area contributed by atoms with Gasteiger partial charge in [-0.1, -0.05) is 252 Å². The van der Waals surface area contributed by atoms with Crippen LogP contribution in [-0.4, -0.2) is 0 Å². The van der Waals surface area contributed by atoms with Crippen molar-refractivity contribution in [2.75, 3.05) is 0 Å². The van der Waals surface area contributed by atoms with Crippen molar-refractivity contribution in [1.29, 1.82) is 0 Å². The molecule has 0 bridgehead atoms. The fraction of sp³-hybridized carbons (Fsp3) is 0.224. The van der Waals surface area contributed by atoms with Gasteiger partial charge < -0.3 is 0 Å². The summed E-state index contributed by atoms with van der Waals surface area (Å²) in [4.78, 5) is 0. The van der Waals surface area contributed by atoms with Crippen LogP contribution in [-0.2, 0) is 0 Å². The Morgan fingerprint density at radius 3 is 1.72 bits per heavy atom. The molecule has 67 heavy (non-hydrogen) atoms. The lowest BCUT2D eigenvalue weighted by molar-refractivity contribution is 0.599. The maximum absolute atomic E-state index is 2.41. The summed E-state index contributed by atoms with van der Waals surface area (Å²) < 4.78 is 0. The summed E-state index contributed by atoms with van der Waals surface area (Å²) in [5.41, 5.74) is 22.7. The van der Waals surface area contributed by atoms with E-state index in [4.69, 9.17) is 0 Å². The molecule has 7 aromatic rings. The molecule has 0 saturated heterocycles. The quantitative estimate of drug-likeness (QED) is 0.143. The van der Waals surface area contributed by atoms with E-state index >= 15 is 0 Å². The van der Waals surface area contributed by atoms with Crippen molar-refractivity contribution in [2.24, 2.45) is 11.8 Å². The molecule has 0 aromatic heterocycles. The molecule has 0 N–H and O–H groups in total. The number of hydrogen-bond acceptors (Lipinski definition) is 0. The molecule has 2 unspecified atom stereocenters. The van der Waals surface area contributed by atoms with Gasteiger partial charge >= 0.3 is 0 Å². The molecule has 2 atom stereocenters. The van der Waals surface area contributed by atoms with E-state index in [0.717, 1.165) is 12.8 Å². The van der Waals surface area contributed by atoms with Crippen molar-refractivity contribution in [3.8, 4) is 22.3 Å². The van der Waals surface area contributed by atoms with Crippen molar-refractivity contribution < 1.29 is 0 Å². The molecule has 0 fully saturated rings. The van der Waals surface area contributed by atoms with Gasteiger partial charge in [0, 0.05) is 5.92 Å². The largest absolute Gasteiger partial charge is 0.0836 e. The van der Waals surface area contributed by atoms with Crippen LogP contribution < -0.4 is 0 Å². The summed E-state index contributed by atoms with van der Waals surface area (Å²) in [7, 11) is 0. The van der Waals surface area contributed by atoms with E-state index < -0.39 is 0 Å². The molecular formula is C67H72. The molecule has 0 heterocycles. The normalized spacial score (nSPS) is 15.3. The van der Waals surface area contributed by atoms with Crippen LogP contribution in [0.25, 0.3) is 39.0 Å². The highest BCUT2D eigenvalue weighted by atomic mass is 14.3. The molecule has 0 amide bonds. The van der Waals surface area contributed by atoms with Gasteiger partial charge in [0.25, 0.3) is 0 Å². The lowest BCUT2D eigenvalue weighted by atomic mass is 9.75. The van der Waals surface area contributed by atoms with Gasteiger partial charge in [-0.3, -0.25) is 0 Å². The molecule has 0 aliphatic heterocycles. The molecule has 0 heteroatoms. The molecule has 0 radical (unpaired) electrons. The third-order valence-electron chi connectivity index (χ3n) is 13.0. The van der Waals surface area contributed by atoms with Crippen LogP contribution in [0, 0.1) is 39.5 Å². The van der Waals surface area contributed by atoms with Gasteiger partial charge in [0.05, 0.1) is 0 Å². The lowest BCUT2D eigenvalue weighted by Gasteiger charge is -2.29. The van der Waals surface area contributed by atoms with Gasteiger partial charge in [0.2, 0.25) is 0 Å². The Balaban J connectivity index is 0.000000201. The third-order valence-corrected chi connectivity index (χ3v) is 13.0. The van der Waals surface area contributed by atoms with Crippen LogP contribution in [0.15, 0.2) is 218 Å². The minimum atomic E-state index is 0.450. The second-order valence-corrected chi connectivity index (χ2v) is 18.1. The molecule has 340 valence electrons. The van der Waals surface area contributed by atoms with Crippen molar-refractivity contribution in [2.45, 2.75) is 88.0 Å². The van der Waals surface area contributed by atoms with Gasteiger partial charge in [-0.05, 0) is 149 Å². The van der Waals surface area contributed by atoms with Gasteiger partial charge in [-0.25, -0.2) is 0 Å². The minimum absolute atomic E-state index is 0.450. The van der Waals surface area contributed by atoms with Gasteiger partial charge in [0.1, 0.15) is 0 Å². The van der Waals surface area contributed by atoms with Crippen molar-refractivity contribution in [3.63, 3.8) is 0 Å². The second kappa shape index (κ2) is 24.7. The maximum Gasteiger partial charge on any atom is 0.00869 e. The molecule has 0 nitrogen and oxygen atoms in total. The van der Waals surface area contributed by atoms with Crippen LogP contribution in [0.3, 0.4) is 0 Å². The van der Waals surface area contributed by atoms with E-state index in [-0.39, 0.29) is 0 Å². The molecule has 7 aromatic carbocycles. The standard InChI is InChI=1S/C36H34.C22H24.C7H8.C2H6/c1-26(2)24-36(35-19-11-18-34(27(35)3)31-14-8-5-9-15-31)33-17-10-16-32(25-33)30-22-20-29(21-23-30)28-12-6-4-7-13-28;1-15-9-5-7-11-19(15)21-13-14-22(18(4)17(21)3)20-12-8-6-10-16(20)2;1-7-5-3-2-4-6-7;1-2/h4,6-8,10-26H,5,9H2,1-3H3;5-14,17,21H,1-4H3;2-6H,1H3;1-2H3/b36-24-;;;. The van der Waals surface area contributed by atoms with E-state index in [2.05, 4.69) is 250 Å². The molecule has 0 spiro atoms. The number of benzene rings is 7. The molecule has 2 aliphatic rings. The third kappa shape index (κ3) is 13.0. The fourth-order valence-electron chi connectivity index (χ4n) is 9.14. The van der Waals surface area contributed by atoms with Crippen molar-refractivity contribution >= 4 is 16.7 Å². The first kappa shape index (κ1) is 49.7. The van der Waals surface area contributed by atoms with E-state index in [0.29, 0.717) is 17.8 Å². The summed E-state index contributed by atoms with van der Waals surface area (Å²) >= 11 is 0. The lowest BCUT2D eigenvalue weighted by Crippen LogP contribution is -2.15. The van der Waals surface area contributed by atoms with E-state index in [1.165, 1.54) is 94.6 Å². The Hall–Kier alpha value is -6.76. The minimum Gasteiger partial charge on any atom is -0.0836 e. The zero-order valence-electron chi connectivity index (χ0n) is 41.9. The Bertz CT molecular complexity index is 2820. The van der Waals surface area contributed by atoms with E-state index in [9.17, 15) is 0 Å². The van der Waals surface area contributed by atoms with Crippen LogP contribution in [0.1, 0.15) is 110 Å². The number of hydrogen-bond donors (Lipinski definition) is 0. The Labute approximate surface area is 404 Å². The summed E-state index contributed by atoms with van der Waals surface area (Å²) in [6.07, 6.45) is 16.3. The van der Waals surface area contributed by atoms with Crippen molar-refractivity contribution in [3.05, 3.63) is 268 Å². The van der Waals surface area contributed by atoms with Crippen molar-refractivity contribution in [1.82, 2.24) is 0 Å². The van der Waals surface area contributed by atoms with Gasteiger partial charge in [-0.2, -0.15) is 0 Å². The second-order valence-electron chi connectivity index (χ2n) is 18.1. The molecule has 2 aliphatic carbocycles. The predicted molar refractivity (Wildman–Crippen MR) is 295 cm³/mol. The van der Waals surface area contributed by atoms with Crippen LogP contribution in [0.4, 0.5) is 0 Å². The molecule has 9 rings (SSSR count). The monoisotopic (exact) mass is 877 g/mol. The first-order chi connectivity index (χ1) is 32.6. The highest BCUT2D eigenvalue weighted by molar-refractivity contribution is 5.87. The predicted octanol–water partition coefficient (Wildman–Crippen LogP) is 19.2. The van der Waals surface area contributed by atoms with Crippen LogP contribution in [0.2, 0.25) is 0 Å². The SMILES string of the molecule is CC.CC1=C(c2ccccc2C)C=CC(c2ccccc2C)C1C.Cc1c(C2=CCCC=C2)cccc1/C(=C\C(C)C)c1cccc(-c2ccc(-c3ccccc3)cc2)c1.Cc1ccccc1. The Morgan fingerprint density at radius 2 is 1.10 bits per heavy atom. The smallest absolute Gasteiger partial charge is 0.00869 e. The van der Waals surface area contributed by atoms with Gasteiger partial charge in [0.15, 0.2) is 0 Å². The summed E-state index contributed by atoms with van der Waals surface area (Å²) in [5.74, 6) is 1.46. The Kier molecular flexibility index (Phi) is 18.3. The zero-order chi connectivity index (χ0) is 47.7. The fourth-order valence-corrected chi connectivity index (χ4v) is 9.14. The Morgan fingerprint density at radius 1 is 0.537 bits per heavy atom. The van der Waals surface area contributed by atoms with Gasteiger partial charge in [-0.15, -0.1) is 0 Å². The summed E-state index contributed by atoms with van der Waals surface area (Å²) in [6, 6.07) is 62.9.